The van der Waals surface area contributed by atoms with Crippen molar-refractivity contribution in [1.82, 2.24) is 8.61 Å². The molecule has 47 heavy (non-hydrogen) atoms. The average molecular weight is 679 g/mol. The van der Waals surface area contributed by atoms with Crippen LogP contribution in [0.4, 0.5) is 11.4 Å². The van der Waals surface area contributed by atoms with Crippen molar-refractivity contribution in [1.29, 1.82) is 0 Å². The lowest BCUT2D eigenvalue weighted by molar-refractivity contribution is -0.388. The molecular formula is C32H30N4O9S2. The molecule has 0 heterocycles. The zero-order valence-corrected chi connectivity index (χ0v) is 26.4. The molecule has 15 heteroatoms. The lowest BCUT2D eigenvalue weighted by Gasteiger charge is -2.40. The highest BCUT2D eigenvalue weighted by Gasteiger charge is 2.44. The van der Waals surface area contributed by atoms with Crippen LogP contribution in [-0.4, -0.2) is 58.6 Å². The van der Waals surface area contributed by atoms with Gasteiger partial charge in [-0.25, -0.2) is 16.8 Å². The van der Waals surface area contributed by atoms with E-state index in [9.17, 15) is 42.2 Å². The van der Waals surface area contributed by atoms with E-state index in [0.717, 1.165) is 32.9 Å². The van der Waals surface area contributed by atoms with Crippen LogP contribution in [0.3, 0.4) is 0 Å². The molecule has 1 aliphatic carbocycles. The van der Waals surface area contributed by atoms with Gasteiger partial charge in [0.1, 0.15) is 0 Å². The molecule has 0 unspecified atom stereocenters. The van der Waals surface area contributed by atoms with Gasteiger partial charge < -0.3 is 5.11 Å². The molecule has 4 aromatic carbocycles. The Labute approximate surface area is 271 Å². The summed E-state index contributed by atoms with van der Waals surface area (Å²) in [6.45, 7) is -0.532. The molecular weight excluding hydrogens is 649 g/mol. The zero-order chi connectivity index (χ0) is 33.8. The number of sulfonamides is 2. The van der Waals surface area contributed by atoms with E-state index in [4.69, 9.17) is 0 Å². The van der Waals surface area contributed by atoms with Crippen molar-refractivity contribution in [3.63, 3.8) is 0 Å². The van der Waals surface area contributed by atoms with Crippen LogP contribution in [0.2, 0.25) is 0 Å². The number of nitrogens with zero attached hydrogens (tertiary/aromatic N) is 4. The minimum absolute atomic E-state index is 0.233. The van der Waals surface area contributed by atoms with E-state index in [0.29, 0.717) is 11.1 Å². The zero-order valence-electron chi connectivity index (χ0n) is 24.7. The Hall–Kier alpha value is -4.80. The van der Waals surface area contributed by atoms with E-state index in [2.05, 4.69) is 0 Å². The van der Waals surface area contributed by atoms with Crippen LogP contribution in [-0.2, 0) is 33.1 Å². The summed E-state index contributed by atoms with van der Waals surface area (Å²) in [5, 5.41) is 35.0. The first kappa shape index (κ1) is 33.6. The predicted molar refractivity (Wildman–Crippen MR) is 172 cm³/mol. The molecule has 4 aromatic rings. The standard InChI is InChI=1S/C32H30N4O9S2/c37-30-20-19-26(33(22-24-11-3-1-4-12-24)46(42,43)31-17-9-7-15-27(31)35(38)39)21-29(30)34(23-25-13-5-2-6-14-25)47(44,45)32-18-10-8-16-28(32)36(40)41/h1-20,26,29-30,37H,21-23H2/t26-,29-,30+/m1/s1. The van der Waals surface area contributed by atoms with Crippen molar-refractivity contribution >= 4 is 31.4 Å². The van der Waals surface area contributed by atoms with E-state index < -0.39 is 69.2 Å². The van der Waals surface area contributed by atoms with Gasteiger partial charge in [-0.1, -0.05) is 97.1 Å². The van der Waals surface area contributed by atoms with Crippen molar-refractivity contribution in [2.75, 3.05) is 0 Å². The summed E-state index contributed by atoms with van der Waals surface area (Å²) in [5.41, 5.74) is -0.222. The van der Waals surface area contributed by atoms with Crippen molar-refractivity contribution in [3.05, 3.63) is 153 Å². The molecule has 0 bridgehead atoms. The summed E-state index contributed by atoms with van der Waals surface area (Å²) >= 11 is 0. The topological polar surface area (TPSA) is 181 Å². The largest absolute Gasteiger partial charge is 0.387 e. The fourth-order valence-corrected chi connectivity index (χ4v) is 9.07. The SMILES string of the molecule is O=[N+]([O-])c1ccccc1S(=O)(=O)N(Cc1ccccc1)[C@@H]1C=C[C@H](O)[C@H](N(Cc2ccccc2)S(=O)(=O)c2ccccc2[N+](=O)[O-])C1. The van der Waals surface area contributed by atoms with Gasteiger partial charge in [-0.05, 0) is 29.7 Å². The molecule has 0 spiro atoms. The Morgan fingerprint density at radius 3 is 1.49 bits per heavy atom. The third-order valence-electron chi connectivity index (χ3n) is 7.81. The molecule has 0 saturated carbocycles. The Bertz CT molecular complexity index is 2010. The number of nitro groups is 2. The Morgan fingerprint density at radius 2 is 1.02 bits per heavy atom. The minimum Gasteiger partial charge on any atom is -0.387 e. The number of nitro benzene ring substituents is 2. The summed E-state index contributed by atoms with van der Waals surface area (Å²) in [6.07, 6.45) is 0.990. The molecule has 244 valence electrons. The molecule has 3 atom stereocenters. The Kier molecular flexibility index (Phi) is 9.93. The lowest BCUT2D eigenvalue weighted by atomic mass is 9.94. The third-order valence-corrected chi connectivity index (χ3v) is 11.6. The normalized spacial score (nSPS) is 18.3. The summed E-state index contributed by atoms with van der Waals surface area (Å²) in [4.78, 5) is 21.0. The van der Waals surface area contributed by atoms with Gasteiger partial charge in [-0.15, -0.1) is 0 Å². The smallest absolute Gasteiger partial charge is 0.289 e. The molecule has 0 fully saturated rings. The molecule has 13 nitrogen and oxygen atoms in total. The molecule has 0 radical (unpaired) electrons. The summed E-state index contributed by atoms with van der Waals surface area (Å²) in [6, 6.07) is 24.3. The minimum atomic E-state index is -4.68. The quantitative estimate of drug-likeness (QED) is 0.127. The first-order valence-electron chi connectivity index (χ1n) is 14.4. The predicted octanol–water partition coefficient (Wildman–Crippen LogP) is 4.64. The van der Waals surface area contributed by atoms with Crippen LogP contribution >= 0.6 is 0 Å². The number of benzene rings is 4. The number of rotatable bonds is 12. The summed E-state index contributed by atoms with van der Waals surface area (Å²) in [7, 11) is -9.28. The summed E-state index contributed by atoms with van der Waals surface area (Å²) < 4.78 is 59.1. The number of aliphatic hydroxyl groups excluding tert-OH is 1. The first-order valence-corrected chi connectivity index (χ1v) is 17.2. The van der Waals surface area contributed by atoms with Crippen LogP contribution in [0.1, 0.15) is 17.5 Å². The Morgan fingerprint density at radius 1 is 0.617 bits per heavy atom. The fourth-order valence-electron chi connectivity index (χ4n) is 5.53. The van der Waals surface area contributed by atoms with Crippen LogP contribution < -0.4 is 0 Å². The van der Waals surface area contributed by atoms with Gasteiger partial charge in [0.25, 0.3) is 31.4 Å². The van der Waals surface area contributed by atoms with Gasteiger partial charge in [-0.2, -0.15) is 8.61 Å². The van der Waals surface area contributed by atoms with Gasteiger partial charge in [0.05, 0.1) is 22.0 Å². The molecule has 5 rings (SSSR count). The van der Waals surface area contributed by atoms with Crippen molar-refractivity contribution in [2.24, 2.45) is 0 Å². The number of aliphatic hydroxyl groups is 1. The number of hydrogen-bond donors (Lipinski definition) is 1. The van der Waals surface area contributed by atoms with Crippen LogP contribution in [0, 0.1) is 20.2 Å². The fraction of sp³-hybridized carbons (Fsp3) is 0.188. The van der Waals surface area contributed by atoms with E-state index in [1.54, 1.807) is 60.7 Å². The Balaban J connectivity index is 1.63. The molecule has 0 amide bonds. The van der Waals surface area contributed by atoms with E-state index >= 15 is 0 Å². The van der Waals surface area contributed by atoms with Crippen LogP contribution in [0.5, 0.6) is 0 Å². The van der Waals surface area contributed by atoms with Crippen molar-refractivity contribution < 1.29 is 31.8 Å². The number of para-hydroxylation sites is 2. The van der Waals surface area contributed by atoms with Crippen molar-refractivity contribution in [2.45, 2.75) is 47.5 Å². The highest BCUT2D eigenvalue weighted by Crippen LogP contribution is 2.36. The van der Waals surface area contributed by atoms with Gasteiger partial charge >= 0.3 is 0 Å². The summed E-state index contributed by atoms with van der Waals surface area (Å²) in [5.74, 6) is 0. The highest BCUT2D eigenvalue weighted by molar-refractivity contribution is 7.89. The van der Waals surface area contributed by atoms with Gasteiger partial charge in [0.2, 0.25) is 0 Å². The maximum Gasteiger partial charge on any atom is 0.289 e. The maximum atomic E-state index is 14.3. The molecule has 0 aliphatic heterocycles. The second kappa shape index (κ2) is 13.9. The highest BCUT2D eigenvalue weighted by atomic mass is 32.2. The van der Waals surface area contributed by atoms with Gasteiger partial charge in [0, 0.05) is 31.3 Å². The molecule has 0 saturated heterocycles. The van der Waals surface area contributed by atoms with E-state index in [1.165, 1.54) is 36.4 Å². The van der Waals surface area contributed by atoms with Crippen molar-refractivity contribution in [3.8, 4) is 0 Å². The second-order valence-corrected chi connectivity index (χ2v) is 14.5. The van der Waals surface area contributed by atoms with E-state index in [1.807, 2.05) is 0 Å². The lowest BCUT2D eigenvalue weighted by Crippen LogP contribution is -2.52. The number of hydrogen-bond acceptors (Lipinski definition) is 9. The third kappa shape index (κ3) is 7.13. The first-order chi connectivity index (χ1) is 22.4. The maximum absolute atomic E-state index is 14.3. The van der Waals surface area contributed by atoms with Gasteiger partial charge in [0.15, 0.2) is 9.79 Å². The van der Waals surface area contributed by atoms with Crippen LogP contribution in [0.25, 0.3) is 0 Å². The van der Waals surface area contributed by atoms with Gasteiger partial charge in [-0.3, -0.25) is 20.2 Å². The average Bonchev–Trinajstić information content (AvgIpc) is 3.07. The molecule has 1 N–H and O–H groups in total. The molecule has 0 aromatic heterocycles. The van der Waals surface area contributed by atoms with Crippen LogP contribution in [0.15, 0.2) is 131 Å². The monoisotopic (exact) mass is 678 g/mol. The second-order valence-electron chi connectivity index (χ2n) is 10.8. The van der Waals surface area contributed by atoms with E-state index in [-0.39, 0.29) is 19.5 Å². The molecule has 1 aliphatic rings.